The predicted octanol–water partition coefficient (Wildman–Crippen LogP) is 1.27. The maximum Gasteiger partial charge on any atom is 0.0541 e. The summed E-state index contributed by atoms with van der Waals surface area (Å²) in [5, 5.41) is 9.35. The topological polar surface area (TPSA) is 46.2 Å². The number of hydrogen-bond acceptors (Lipinski definition) is 2. The Bertz CT molecular complexity index is 173. The van der Waals surface area contributed by atoms with Crippen molar-refractivity contribution in [2.75, 3.05) is 0 Å². The largest absolute Gasteiger partial charge is 0.393 e. The zero-order valence-electron chi connectivity index (χ0n) is 7.79. The Hall–Kier alpha value is -0.0800. The monoisotopic (exact) mass is 169 g/mol. The summed E-state index contributed by atoms with van der Waals surface area (Å²) in [5.41, 5.74) is 6.39. The number of rotatable bonds is 1. The van der Waals surface area contributed by atoms with Crippen LogP contribution in [0.4, 0.5) is 0 Å². The maximum absolute atomic E-state index is 9.35. The van der Waals surface area contributed by atoms with Gasteiger partial charge in [0, 0.05) is 5.54 Å². The Morgan fingerprint density at radius 1 is 1.33 bits per heavy atom. The van der Waals surface area contributed by atoms with E-state index in [2.05, 4.69) is 6.92 Å². The fourth-order valence-corrected chi connectivity index (χ4v) is 2.63. The Kier molecular flexibility index (Phi) is 1.92. The summed E-state index contributed by atoms with van der Waals surface area (Å²) in [5.74, 6) is 1.59. The summed E-state index contributed by atoms with van der Waals surface area (Å²) < 4.78 is 0. The second-order valence-electron chi connectivity index (χ2n) is 4.78. The molecule has 0 heterocycles. The minimum atomic E-state index is -0.0734. The summed E-state index contributed by atoms with van der Waals surface area (Å²) in [6, 6.07) is 0. The lowest BCUT2D eigenvalue weighted by Gasteiger charge is -2.36. The first kappa shape index (κ1) is 8.52. The van der Waals surface area contributed by atoms with Crippen LogP contribution in [0.3, 0.4) is 0 Å². The maximum atomic E-state index is 9.35. The molecule has 2 fully saturated rings. The lowest BCUT2D eigenvalue weighted by atomic mass is 9.77. The van der Waals surface area contributed by atoms with Gasteiger partial charge in [0.25, 0.3) is 0 Å². The standard InChI is InChI=1S/C10H19NO/c1-7-6-9(7)10(11)4-2-8(12)3-5-10/h7-9,12H,2-6,11H2,1H3. The number of nitrogens with two attached hydrogens (primary N) is 1. The van der Waals surface area contributed by atoms with Gasteiger partial charge in [-0.2, -0.15) is 0 Å². The zero-order chi connectivity index (χ0) is 8.77. The molecule has 0 aliphatic heterocycles. The van der Waals surface area contributed by atoms with E-state index in [1.54, 1.807) is 0 Å². The molecule has 2 atom stereocenters. The molecule has 70 valence electrons. The van der Waals surface area contributed by atoms with E-state index in [-0.39, 0.29) is 11.6 Å². The molecule has 0 spiro atoms. The molecule has 2 unspecified atom stereocenters. The highest BCUT2D eigenvalue weighted by Crippen LogP contribution is 2.50. The van der Waals surface area contributed by atoms with E-state index in [0.29, 0.717) is 0 Å². The Morgan fingerprint density at radius 3 is 2.25 bits per heavy atom. The van der Waals surface area contributed by atoms with Gasteiger partial charge in [-0.1, -0.05) is 6.92 Å². The summed E-state index contributed by atoms with van der Waals surface area (Å²) in [4.78, 5) is 0. The van der Waals surface area contributed by atoms with Gasteiger partial charge in [-0.15, -0.1) is 0 Å². The lowest BCUT2D eigenvalue weighted by molar-refractivity contribution is 0.0884. The fraction of sp³-hybridized carbons (Fsp3) is 1.00. The molecule has 2 heteroatoms. The van der Waals surface area contributed by atoms with Crippen LogP contribution in [0.15, 0.2) is 0 Å². The van der Waals surface area contributed by atoms with E-state index in [1.165, 1.54) is 6.42 Å². The van der Waals surface area contributed by atoms with E-state index >= 15 is 0 Å². The lowest BCUT2D eigenvalue weighted by Crippen LogP contribution is -2.46. The van der Waals surface area contributed by atoms with E-state index in [0.717, 1.165) is 37.5 Å². The Balaban J connectivity index is 1.94. The van der Waals surface area contributed by atoms with Crippen LogP contribution < -0.4 is 5.73 Å². The predicted molar refractivity (Wildman–Crippen MR) is 48.7 cm³/mol. The van der Waals surface area contributed by atoms with Gasteiger partial charge in [0.05, 0.1) is 6.10 Å². The van der Waals surface area contributed by atoms with Gasteiger partial charge in [0.2, 0.25) is 0 Å². The molecule has 2 aliphatic rings. The van der Waals surface area contributed by atoms with Crippen LogP contribution in [0.25, 0.3) is 0 Å². The minimum absolute atomic E-state index is 0.0734. The molecule has 2 rings (SSSR count). The van der Waals surface area contributed by atoms with E-state index < -0.39 is 0 Å². The van der Waals surface area contributed by atoms with Gasteiger partial charge in [-0.3, -0.25) is 0 Å². The van der Waals surface area contributed by atoms with Crippen molar-refractivity contribution in [3.05, 3.63) is 0 Å². The quantitative estimate of drug-likeness (QED) is 0.621. The highest BCUT2D eigenvalue weighted by molar-refractivity contribution is 5.04. The van der Waals surface area contributed by atoms with Crippen molar-refractivity contribution < 1.29 is 5.11 Å². The average molecular weight is 169 g/mol. The molecular formula is C10H19NO. The van der Waals surface area contributed by atoms with E-state index in [4.69, 9.17) is 5.73 Å². The van der Waals surface area contributed by atoms with Crippen molar-refractivity contribution in [2.45, 2.75) is 50.7 Å². The van der Waals surface area contributed by atoms with Gasteiger partial charge in [0.1, 0.15) is 0 Å². The first-order valence-corrected chi connectivity index (χ1v) is 5.09. The number of hydrogen-bond donors (Lipinski definition) is 2. The van der Waals surface area contributed by atoms with Gasteiger partial charge in [-0.25, -0.2) is 0 Å². The Morgan fingerprint density at radius 2 is 1.83 bits per heavy atom. The molecule has 2 saturated carbocycles. The molecule has 0 aromatic rings. The van der Waals surface area contributed by atoms with Crippen LogP contribution in [0.1, 0.15) is 39.0 Å². The summed E-state index contributed by atoms with van der Waals surface area (Å²) in [7, 11) is 0. The molecule has 0 aromatic heterocycles. The average Bonchev–Trinajstić information content (AvgIpc) is 2.75. The second-order valence-corrected chi connectivity index (χ2v) is 4.78. The van der Waals surface area contributed by atoms with Gasteiger partial charge >= 0.3 is 0 Å². The van der Waals surface area contributed by atoms with Crippen molar-refractivity contribution in [3.8, 4) is 0 Å². The van der Waals surface area contributed by atoms with Crippen LogP contribution in [-0.2, 0) is 0 Å². The third-order valence-electron chi connectivity index (χ3n) is 3.73. The van der Waals surface area contributed by atoms with Crippen LogP contribution in [0.5, 0.6) is 0 Å². The first-order chi connectivity index (χ1) is 5.62. The molecule has 12 heavy (non-hydrogen) atoms. The van der Waals surface area contributed by atoms with Crippen LogP contribution >= 0.6 is 0 Å². The Labute approximate surface area is 74.1 Å². The SMILES string of the molecule is CC1CC1C1(N)CCC(O)CC1. The highest BCUT2D eigenvalue weighted by atomic mass is 16.3. The number of aliphatic hydroxyl groups excluding tert-OH is 1. The van der Waals surface area contributed by atoms with Crippen molar-refractivity contribution in [3.63, 3.8) is 0 Å². The number of aliphatic hydroxyl groups is 1. The summed E-state index contributed by atoms with van der Waals surface area (Å²) >= 11 is 0. The summed E-state index contributed by atoms with van der Waals surface area (Å²) in [6.45, 7) is 2.28. The molecule has 2 nitrogen and oxygen atoms in total. The zero-order valence-corrected chi connectivity index (χ0v) is 7.79. The van der Waals surface area contributed by atoms with Crippen molar-refractivity contribution in [2.24, 2.45) is 17.6 Å². The van der Waals surface area contributed by atoms with Crippen LogP contribution in [0, 0.1) is 11.8 Å². The third kappa shape index (κ3) is 1.38. The molecule has 0 saturated heterocycles. The molecule has 3 N–H and O–H groups in total. The van der Waals surface area contributed by atoms with Gasteiger partial charge in [-0.05, 0) is 43.9 Å². The van der Waals surface area contributed by atoms with Gasteiger partial charge in [0.15, 0.2) is 0 Å². The molecule has 0 radical (unpaired) electrons. The van der Waals surface area contributed by atoms with Crippen LogP contribution in [-0.4, -0.2) is 16.7 Å². The van der Waals surface area contributed by atoms with Gasteiger partial charge < -0.3 is 10.8 Å². The smallest absolute Gasteiger partial charge is 0.0541 e. The second kappa shape index (κ2) is 2.71. The molecule has 0 amide bonds. The normalized spacial score (nSPS) is 53.8. The van der Waals surface area contributed by atoms with Crippen molar-refractivity contribution >= 4 is 0 Å². The first-order valence-electron chi connectivity index (χ1n) is 5.09. The molecule has 2 aliphatic carbocycles. The van der Waals surface area contributed by atoms with Crippen molar-refractivity contribution in [1.82, 2.24) is 0 Å². The molecule has 0 bridgehead atoms. The molecule has 0 aromatic carbocycles. The highest BCUT2D eigenvalue weighted by Gasteiger charge is 2.48. The third-order valence-corrected chi connectivity index (χ3v) is 3.73. The van der Waals surface area contributed by atoms with Crippen molar-refractivity contribution in [1.29, 1.82) is 0 Å². The minimum Gasteiger partial charge on any atom is -0.393 e. The summed E-state index contributed by atoms with van der Waals surface area (Å²) in [6.07, 6.45) is 5.13. The fourth-order valence-electron chi connectivity index (χ4n) is 2.63. The van der Waals surface area contributed by atoms with E-state index in [1.807, 2.05) is 0 Å². The van der Waals surface area contributed by atoms with E-state index in [9.17, 15) is 5.11 Å². The molecular weight excluding hydrogens is 150 g/mol. The van der Waals surface area contributed by atoms with Crippen LogP contribution in [0.2, 0.25) is 0 Å².